The first-order valence-electron chi connectivity index (χ1n) is 11.7. The smallest absolute Gasteiger partial charge is 0.230 e. The third-order valence-electron chi connectivity index (χ3n) is 7.81. The van der Waals surface area contributed by atoms with E-state index in [1.807, 2.05) is 35.2 Å². The number of likely N-dealkylation sites (tertiary alicyclic amines) is 2. The molecule has 1 atom stereocenters. The summed E-state index contributed by atoms with van der Waals surface area (Å²) in [5, 5.41) is 0. The molecule has 4 rings (SSSR count). The number of carbonyl (C=O) groups excluding carboxylic acids is 1. The number of hydrogen-bond acceptors (Lipinski definition) is 4. The van der Waals surface area contributed by atoms with Crippen molar-refractivity contribution in [3.8, 4) is 0 Å². The van der Waals surface area contributed by atoms with Crippen LogP contribution in [0.25, 0.3) is 0 Å². The van der Waals surface area contributed by atoms with Crippen LogP contribution in [0.5, 0.6) is 0 Å². The van der Waals surface area contributed by atoms with Crippen LogP contribution in [0.1, 0.15) is 45.6 Å². The van der Waals surface area contributed by atoms with Crippen molar-refractivity contribution in [3.63, 3.8) is 0 Å². The predicted octanol–water partition coefficient (Wildman–Crippen LogP) is 2.81. The zero-order chi connectivity index (χ0) is 22.3. The van der Waals surface area contributed by atoms with E-state index in [2.05, 4.69) is 25.7 Å². The van der Waals surface area contributed by atoms with Gasteiger partial charge in [0, 0.05) is 51.2 Å². The van der Waals surface area contributed by atoms with Crippen molar-refractivity contribution < 1.29 is 13.2 Å². The molecule has 1 aromatic rings. The summed E-state index contributed by atoms with van der Waals surface area (Å²) in [5.74, 6) is 0.910. The summed E-state index contributed by atoms with van der Waals surface area (Å²) >= 11 is 0. The first kappa shape index (κ1) is 22.7. The maximum absolute atomic E-state index is 13.6. The van der Waals surface area contributed by atoms with Crippen molar-refractivity contribution in [2.75, 3.05) is 45.8 Å². The molecule has 0 aliphatic carbocycles. The van der Waals surface area contributed by atoms with Gasteiger partial charge in [0.2, 0.25) is 15.9 Å². The molecule has 0 bridgehead atoms. The molecular formula is C24H37N3O3S. The molecule has 2 spiro atoms. The summed E-state index contributed by atoms with van der Waals surface area (Å²) in [4.78, 5) is 18.0. The number of hydrogen-bond donors (Lipinski definition) is 0. The molecule has 0 N–H and O–H groups in total. The van der Waals surface area contributed by atoms with E-state index >= 15 is 0 Å². The highest BCUT2D eigenvalue weighted by atomic mass is 32.2. The number of sulfonamides is 1. The van der Waals surface area contributed by atoms with E-state index < -0.39 is 10.0 Å². The van der Waals surface area contributed by atoms with E-state index in [-0.39, 0.29) is 16.6 Å². The fourth-order valence-electron chi connectivity index (χ4n) is 6.31. The van der Waals surface area contributed by atoms with E-state index in [0.717, 1.165) is 57.5 Å². The van der Waals surface area contributed by atoms with Crippen LogP contribution in [0, 0.1) is 16.7 Å². The molecule has 172 valence electrons. The molecule has 3 aliphatic rings. The van der Waals surface area contributed by atoms with Gasteiger partial charge in [-0.3, -0.25) is 4.79 Å². The molecule has 1 amide bonds. The van der Waals surface area contributed by atoms with E-state index in [4.69, 9.17) is 0 Å². The zero-order valence-corrected chi connectivity index (χ0v) is 20.0. The average molecular weight is 448 g/mol. The fourth-order valence-corrected chi connectivity index (χ4v) is 7.85. The summed E-state index contributed by atoms with van der Waals surface area (Å²) < 4.78 is 27.8. The van der Waals surface area contributed by atoms with Gasteiger partial charge < -0.3 is 9.80 Å². The Balaban J connectivity index is 1.54. The van der Waals surface area contributed by atoms with Crippen molar-refractivity contribution in [2.45, 2.75) is 45.8 Å². The lowest BCUT2D eigenvalue weighted by Crippen LogP contribution is -2.53. The lowest BCUT2D eigenvalue weighted by Gasteiger charge is -2.46. The maximum Gasteiger partial charge on any atom is 0.230 e. The van der Waals surface area contributed by atoms with Gasteiger partial charge in [-0.25, -0.2) is 12.7 Å². The number of carbonyl (C=O) groups is 1. The Bertz CT molecular complexity index is 894. The minimum atomic E-state index is -3.35. The van der Waals surface area contributed by atoms with Gasteiger partial charge in [-0.15, -0.1) is 0 Å². The summed E-state index contributed by atoms with van der Waals surface area (Å²) in [6.45, 7) is 11.9. The molecule has 3 saturated heterocycles. The predicted molar refractivity (Wildman–Crippen MR) is 123 cm³/mol. The number of nitrogens with zero attached hydrogens (tertiary/aromatic N) is 3. The normalized spacial score (nSPS) is 27.2. The van der Waals surface area contributed by atoms with Gasteiger partial charge in [0.15, 0.2) is 0 Å². The lowest BCUT2D eigenvalue weighted by molar-refractivity contribution is -0.141. The Kier molecular flexibility index (Phi) is 6.23. The Hall–Kier alpha value is -1.44. The minimum absolute atomic E-state index is 0.0496. The summed E-state index contributed by atoms with van der Waals surface area (Å²) in [7, 11) is -3.35. The summed E-state index contributed by atoms with van der Waals surface area (Å²) in [5.41, 5.74) is 0.377. The van der Waals surface area contributed by atoms with Crippen LogP contribution in [0.15, 0.2) is 30.3 Å². The average Bonchev–Trinajstić information content (AvgIpc) is 3.20. The van der Waals surface area contributed by atoms with Crippen molar-refractivity contribution in [1.29, 1.82) is 0 Å². The molecule has 0 aromatic heterocycles. The Morgan fingerprint density at radius 2 is 1.68 bits per heavy atom. The van der Waals surface area contributed by atoms with Crippen molar-refractivity contribution in [3.05, 3.63) is 35.9 Å². The second kappa shape index (κ2) is 8.49. The minimum Gasteiger partial charge on any atom is -0.342 e. The van der Waals surface area contributed by atoms with Gasteiger partial charge in [0.05, 0.1) is 11.2 Å². The van der Waals surface area contributed by atoms with Gasteiger partial charge >= 0.3 is 0 Å². The van der Waals surface area contributed by atoms with Crippen molar-refractivity contribution >= 4 is 15.9 Å². The number of piperidine rings is 1. The highest BCUT2D eigenvalue weighted by Gasteiger charge is 2.65. The van der Waals surface area contributed by atoms with Gasteiger partial charge in [-0.05, 0) is 37.7 Å². The van der Waals surface area contributed by atoms with Gasteiger partial charge in [-0.1, -0.05) is 44.2 Å². The summed E-state index contributed by atoms with van der Waals surface area (Å²) in [6.07, 6.45) is 2.46. The monoisotopic (exact) mass is 447 g/mol. The molecule has 1 unspecified atom stereocenters. The van der Waals surface area contributed by atoms with Crippen LogP contribution in [-0.2, 0) is 20.6 Å². The zero-order valence-electron chi connectivity index (χ0n) is 19.2. The number of fused-ring (bicyclic) bond motifs is 1. The maximum atomic E-state index is 13.6. The third-order valence-corrected chi connectivity index (χ3v) is 9.66. The molecule has 31 heavy (non-hydrogen) atoms. The molecule has 3 fully saturated rings. The van der Waals surface area contributed by atoms with Crippen LogP contribution in [-0.4, -0.2) is 74.2 Å². The van der Waals surface area contributed by atoms with Crippen LogP contribution < -0.4 is 0 Å². The largest absolute Gasteiger partial charge is 0.342 e. The lowest BCUT2D eigenvalue weighted by atomic mass is 9.60. The van der Waals surface area contributed by atoms with Gasteiger partial charge in [-0.2, -0.15) is 0 Å². The van der Waals surface area contributed by atoms with Crippen LogP contribution >= 0.6 is 0 Å². The molecule has 0 radical (unpaired) electrons. The third kappa shape index (κ3) is 4.05. The molecule has 7 heteroatoms. The highest BCUT2D eigenvalue weighted by Crippen LogP contribution is 2.58. The number of amides is 1. The summed E-state index contributed by atoms with van der Waals surface area (Å²) in [6, 6.07) is 9.41. The van der Waals surface area contributed by atoms with E-state index in [0.29, 0.717) is 24.9 Å². The molecule has 3 heterocycles. The molecule has 1 aromatic carbocycles. The molecule has 6 nitrogen and oxygen atoms in total. The first-order chi connectivity index (χ1) is 14.7. The fraction of sp³-hybridized carbons (Fsp3) is 0.708. The second-order valence-corrected chi connectivity index (χ2v) is 12.2. The van der Waals surface area contributed by atoms with Crippen LogP contribution in [0.4, 0.5) is 0 Å². The Morgan fingerprint density at radius 3 is 2.26 bits per heavy atom. The number of benzene rings is 1. The first-order valence-corrected chi connectivity index (χ1v) is 13.4. The second-order valence-electron chi connectivity index (χ2n) is 10.2. The van der Waals surface area contributed by atoms with Crippen LogP contribution in [0.3, 0.4) is 0 Å². The van der Waals surface area contributed by atoms with Crippen molar-refractivity contribution in [2.24, 2.45) is 16.7 Å². The molecule has 0 saturated carbocycles. The topological polar surface area (TPSA) is 60.9 Å². The quantitative estimate of drug-likeness (QED) is 0.673. The highest BCUT2D eigenvalue weighted by molar-refractivity contribution is 7.88. The van der Waals surface area contributed by atoms with E-state index in [1.165, 1.54) is 0 Å². The standard InChI is InChI=1S/C24H37N3O3S/c1-4-26-13-12-24(22(26)28)19-25(16-20(2)3)18-23(24)10-14-27(15-11-23)31(29,30)17-21-8-6-5-7-9-21/h5-9,20H,4,10-19H2,1-3H3. The van der Waals surface area contributed by atoms with Crippen LogP contribution in [0.2, 0.25) is 0 Å². The SMILES string of the molecule is CCN1CCC2(CN(CC(C)C)CC23CCN(S(=O)(=O)Cc2ccccc2)CC3)C1=O. The Labute approximate surface area is 187 Å². The molecular weight excluding hydrogens is 410 g/mol. The van der Waals surface area contributed by atoms with Gasteiger partial charge in [0.25, 0.3) is 0 Å². The van der Waals surface area contributed by atoms with Gasteiger partial charge in [0.1, 0.15) is 0 Å². The Morgan fingerprint density at radius 1 is 1.00 bits per heavy atom. The van der Waals surface area contributed by atoms with E-state index in [1.54, 1.807) is 4.31 Å². The van der Waals surface area contributed by atoms with E-state index in [9.17, 15) is 13.2 Å². The molecule has 3 aliphatic heterocycles. The van der Waals surface area contributed by atoms with Crippen molar-refractivity contribution in [1.82, 2.24) is 14.1 Å². The number of rotatable bonds is 6.